The lowest BCUT2D eigenvalue weighted by Crippen LogP contribution is -2.09. The molecule has 1 aromatic carbocycles. The molecule has 0 aliphatic heterocycles. The molecule has 0 amide bonds. The van der Waals surface area contributed by atoms with E-state index in [0.717, 1.165) is 29.4 Å². The van der Waals surface area contributed by atoms with Crippen molar-refractivity contribution in [3.63, 3.8) is 0 Å². The molecule has 17 heavy (non-hydrogen) atoms. The van der Waals surface area contributed by atoms with E-state index in [-0.39, 0.29) is 6.10 Å². The van der Waals surface area contributed by atoms with E-state index in [1.807, 2.05) is 11.8 Å². The fourth-order valence-corrected chi connectivity index (χ4v) is 2.95. The normalized spacial score (nSPS) is 17.8. The standard InChI is InChI=1S/C15H22OS/c1-2-17-10-9-15(16)14-8-4-7-13(11-14)12-5-3-6-12/h4,7-8,11-12,15-16H,2-3,5-6,9-10H2,1H3. The number of thioether (sulfide) groups is 1. The van der Waals surface area contributed by atoms with Gasteiger partial charge in [-0.05, 0) is 47.8 Å². The molecule has 1 fully saturated rings. The predicted molar refractivity (Wildman–Crippen MR) is 75.6 cm³/mol. The van der Waals surface area contributed by atoms with Crippen LogP contribution in [0.3, 0.4) is 0 Å². The Balaban J connectivity index is 1.94. The van der Waals surface area contributed by atoms with Crippen molar-refractivity contribution < 1.29 is 5.11 Å². The summed E-state index contributed by atoms with van der Waals surface area (Å²) in [7, 11) is 0. The second kappa shape index (κ2) is 6.46. The third kappa shape index (κ3) is 3.49. The van der Waals surface area contributed by atoms with Crippen molar-refractivity contribution in [3.05, 3.63) is 35.4 Å². The summed E-state index contributed by atoms with van der Waals surface area (Å²) in [6.45, 7) is 2.16. The Morgan fingerprint density at radius 3 is 2.88 bits per heavy atom. The van der Waals surface area contributed by atoms with Crippen molar-refractivity contribution in [1.82, 2.24) is 0 Å². The third-order valence-electron chi connectivity index (χ3n) is 3.61. The summed E-state index contributed by atoms with van der Waals surface area (Å²) in [4.78, 5) is 0. The maximum absolute atomic E-state index is 10.1. The monoisotopic (exact) mass is 250 g/mol. The van der Waals surface area contributed by atoms with Crippen molar-refractivity contribution in [2.24, 2.45) is 0 Å². The quantitative estimate of drug-likeness (QED) is 0.766. The summed E-state index contributed by atoms with van der Waals surface area (Å²) in [5, 5.41) is 10.1. The highest BCUT2D eigenvalue weighted by molar-refractivity contribution is 7.99. The zero-order chi connectivity index (χ0) is 12.1. The number of hydrogen-bond donors (Lipinski definition) is 1. The summed E-state index contributed by atoms with van der Waals surface area (Å²) < 4.78 is 0. The van der Waals surface area contributed by atoms with Crippen molar-refractivity contribution >= 4 is 11.8 Å². The highest BCUT2D eigenvalue weighted by Crippen LogP contribution is 2.37. The van der Waals surface area contributed by atoms with Gasteiger partial charge in [0.1, 0.15) is 0 Å². The Kier molecular flexibility index (Phi) is 4.93. The van der Waals surface area contributed by atoms with Gasteiger partial charge < -0.3 is 5.11 Å². The molecule has 2 heteroatoms. The van der Waals surface area contributed by atoms with Crippen molar-refractivity contribution in [1.29, 1.82) is 0 Å². The number of hydrogen-bond acceptors (Lipinski definition) is 2. The molecule has 1 saturated carbocycles. The topological polar surface area (TPSA) is 20.2 Å². The van der Waals surface area contributed by atoms with Gasteiger partial charge in [-0.1, -0.05) is 37.6 Å². The fourth-order valence-electron chi connectivity index (χ4n) is 2.27. The van der Waals surface area contributed by atoms with Crippen LogP contribution < -0.4 is 0 Å². The summed E-state index contributed by atoms with van der Waals surface area (Å²) in [6, 6.07) is 8.58. The lowest BCUT2D eigenvalue weighted by molar-refractivity contribution is 0.175. The Hall–Kier alpha value is -0.470. The van der Waals surface area contributed by atoms with Crippen LogP contribution in [0.4, 0.5) is 0 Å². The SMILES string of the molecule is CCSCCC(O)c1cccc(C2CCC2)c1. The first-order valence-corrected chi connectivity index (χ1v) is 7.82. The minimum Gasteiger partial charge on any atom is -0.388 e. The second-order valence-electron chi connectivity index (χ2n) is 4.80. The molecule has 1 aliphatic rings. The maximum atomic E-state index is 10.1. The van der Waals surface area contributed by atoms with Gasteiger partial charge in [0.2, 0.25) is 0 Å². The molecule has 0 saturated heterocycles. The molecule has 1 aromatic rings. The number of aliphatic hydroxyl groups is 1. The zero-order valence-corrected chi connectivity index (χ0v) is 11.4. The van der Waals surface area contributed by atoms with Gasteiger partial charge in [-0.3, -0.25) is 0 Å². The van der Waals surface area contributed by atoms with Gasteiger partial charge in [-0.25, -0.2) is 0 Å². The van der Waals surface area contributed by atoms with Crippen LogP contribution in [-0.4, -0.2) is 16.6 Å². The van der Waals surface area contributed by atoms with Crippen LogP contribution in [0.15, 0.2) is 24.3 Å². The maximum Gasteiger partial charge on any atom is 0.0798 e. The molecule has 0 bridgehead atoms. The van der Waals surface area contributed by atoms with E-state index in [4.69, 9.17) is 0 Å². The summed E-state index contributed by atoms with van der Waals surface area (Å²) in [5.74, 6) is 2.94. The molecular formula is C15H22OS. The first kappa shape index (κ1) is 13.0. The van der Waals surface area contributed by atoms with Crippen molar-refractivity contribution in [2.45, 2.75) is 44.6 Å². The Morgan fingerprint density at radius 2 is 2.24 bits per heavy atom. The average Bonchev–Trinajstić information content (AvgIpc) is 2.27. The molecule has 1 aliphatic carbocycles. The number of benzene rings is 1. The van der Waals surface area contributed by atoms with Gasteiger partial charge in [-0.15, -0.1) is 0 Å². The van der Waals surface area contributed by atoms with E-state index in [1.54, 1.807) is 0 Å². The van der Waals surface area contributed by atoms with Gasteiger partial charge in [0, 0.05) is 0 Å². The minimum absolute atomic E-state index is 0.283. The molecule has 1 unspecified atom stereocenters. The van der Waals surface area contributed by atoms with Crippen LogP contribution >= 0.6 is 11.8 Å². The summed E-state index contributed by atoms with van der Waals surface area (Å²) in [5.41, 5.74) is 2.53. The predicted octanol–water partition coefficient (Wildman–Crippen LogP) is 4.13. The molecule has 1 nitrogen and oxygen atoms in total. The molecule has 94 valence electrons. The second-order valence-corrected chi connectivity index (χ2v) is 6.19. The van der Waals surface area contributed by atoms with E-state index in [2.05, 4.69) is 31.2 Å². The van der Waals surface area contributed by atoms with Crippen LogP contribution in [0.5, 0.6) is 0 Å². The Bertz CT molecular complexity index is 347. The smallest absolute Gasteiger partial charge is 0.0798 e. The van der Waals surface area contributed by atoms with Crippen molar-refractivity contribution in [3.8, 4) is 0 Å². The molecule has 0 heterocycles. The minimum atomic E-state index is -0.283. The molecule has 0 radical (unpaired) electrons. The van der Waals surface area contributed by atoms with Gasteiger partial charge >= 0.3 is 0 Å². The molecule has 2 rings (SSSR count). The largest absolute Gasteiger partial charge is 0.388 e. The summed E-state index contributed by atoms with van der Waals surface area (Å²) in [6.07, 6.45) is 4.60. The van der Waals surface area contributed by atoms with Gasteiger partial charge in [-0.2, -0.15) is 11.8 Å². The Morgan fingerprint density at radius 1 is 1.41 bits per heavy atom. The fraction of sp³-hybridized carbons (Fsp3) is 0.600. The highest BCUT2D eigenvalue weighted by Gasteiger charge is 2.20. The van der Waals surface area contributed by atoms with E-state index in [1.165, 1.54) is 24.8 Å². The summed E-state index contributed by atoms with van der Waals surface area (Å²) >= 11 is 1.90. The zero-order valence-electron chi connectivity index (χ0n) is 10.6. The van der Waals surface area contributed by atoms with Crippen LogP contribution in [0.2, 0.25) is 0 Å². The number of aliphatic hydroxyl groups excluding tert-OH is 1. The average molecular weight is 250 g/mol. The number of rotatable bonds is 6. The Labute approximate surface area is 109 Å². The van der Waals surface area contributed by atoms with E-state index >= 15 is 0 Å². The molecule has 0 aromatic heterocycles. The van der Waals surface area contributed by atoms with Gasteiger partial charge in [0.15, 0.2) is 0 Å². The molecule has 1 atom stereocenters. The van der Waals surface area contributed by atoms with Gasteiger partial charge in [0.25, 0.3) is 0 Å². The lowest BCUT2D eigenvalue weighted by Gasteiger charge is -2.26. The van der Waals surface area contributed by atoms with Gasteiger partial charge in [0.05, 0.1) is 6.10 Å². The van der Waals surface area contributed by atoms with E-state index in [0.29, 0.717) is 0 Å². The third-order valence-corrected chi connectivity index (χ3v) is 4.54. The van der Waals surface area contributed by atoms with E-state index < -0.39 is 0 Å². The first-order chi connectivity index (χ1) is 8.31. The molecule has 0 spiro atoms. The van der Waals surface area contributed by atoms with Crippen LogP contribution in [0.25, 0.3) is 0 Å². The van der Waals surface area contributed by atoms with Crippen molar-refractivity contribution in [2.75, 3.05) is 11.5 Å². The van der Waals surface area contributed by atoms with Crippen LogP contribution in [0.1, 0.15) is 55.8 Å². The highest BCUT2D eigenvalue weighted by atomic mass is 32.2. The van der Waals surface area contributed by atoms with Crippen LogP contribution in [0, 0.1) is 0 Å². The van der Waals surface area contributed by atoms with Crippen LogP contribution in [-0.2, 0) is 0 Å². The molecule has 1 N–H and O–H groups in total. The first-order valence-electron chi connectivity index (χ1n) is 6.67. The lowest BCUT2D eigenvalue weighted by atomic mass is 9.79. The van der Waals surface area contributed by atoms with E-state index in [9.17, 15) is 5.11 Å². The molecular weight excluding hydrogens is 228 g/mol.